The van der Waals surface area contributed by atoms with E-state index < -0.39 is 11.7 Å². The van der Waals surface area contributed by atoms with Gasteiger partial charge < -0.3 is 14.7 Å². The summed E-state index contributed by atoms with van der Waals surface area (Å²) in [7, 11) is 0. The highest BCUT2D eigenvalue weighted by molar-refractivity contribution is 8.00. The fourth-order valence-corrected chi connectivity index (χ4v) is 3.75. The highest BCUT2D eigenvalue weighted by Crippen LogP contribution is 2.39. The molecule has 1 aliphatic heterocycles. The minimum atomic E-state index is -0.696. The van der Waals surface area contributed by atoms with E-state index in [9.17, 15) is 9.90 Å². The number of hydrogen-bond donors (Lipinski definition) is 1. The Bertz CT molecular complexity index is 392. The van der Waals surface area contributed by atoms with Crippen molar-refractivity contribution in [2.75, 3.05) is 18.1 Å². The number of amides is 1. The van der Waals surface area contributed by atoms with Crippen LogP contribution in [0, 0.1) is 0 Å². The Morgan fingerprint density at radius 1 is 1.55 bits per heavy atom. The maximum Gasteiger partial charge on any atom is 0.245 e. The fourth-order valence-electron chi connectivity index (χ4n) is 2.02. The molecule has 116 valence electrons. The van der Waals surface area contributed by atoms with Crippen LogP contribution in [0.25, 0.3) is 0 Å². The summed E-state index contributed by atoms with van der Waals surface area (Å²) in [5.74, 6) is 1.30. The predicted molar refractivity (Wildman–Crippen MR) is 84.2 cm³/mol. The van der Waals surface area contributed by atoms with Crippen molar-refractivity contribution >= 4 is 36.4 Å². The zero-order chi connectivity index (χ0) is 15.6. The van der Waals surface area contributed by atoms with E-state index in [0.29, 0.717) is 5.75 Å². The van der Waals surface area contributed by atoms with E-state index in [-0.39, 0.29) is 23.4 Å². The van der Waals surface area contributed by atoms with Gasteiger partial charge in [0.05, 0.1) is 10.9 Å². The molecule has 0 unspecified atom stereocenters. The van der Waals surface area contributed by atoms with Gasteiger partial charge in [0.15, 0.2) is 0 Å². The van der Waals surface area contributed by atoms with E-state index in [0.717, 1.165) is 5.75 Å². The minimum Gasteiger partial charge on any atom is -0.595 e. The molecule has 5 nitrogen and oxygen atoms in total. The molecule has 0 bridgehead atoms. The van der Waals surface area contributed by atoms with Gasteiger partial charge in [-0.1, -0.05) is 20.8 Å². The number of ether oxygens (including phenoxy) is 1. The lowest BCUT2D eigenvalue weighted by atomic mass is 10.2. The summed E-state index contributed by atoms with van der Waals surface area (Å²) in [6.07, 6.45) is -0.696. The number of rotatable bonds is 3. The number of thiol groups is 1. The first-order valence-electron chi connectivity index (χ1n) is 6.54. The summed E-state index contributed by atoms with van der Waals surface area (Å²) in [5, 5.41) is 11.5. The number of carbonyl (C=O) groups is 1. The topological polar surface area (TPSA) is 65.0 Å². The Kier molecular flexibility index (Phi) is 5.66. The van der Waals surface area contributed by atoms with Crippen LogP contribution in [0.2, 0.25) is 0 Å². The number of hydrogen-bond acceptors (Lipinski definition) is 6. The average Bonchev–Trinajstić information content (AvgIpc) is 2.59. The first-order chi connectivity index (χ1) is 9.07. The lowest BCUT2D eigenvalue weighted by molar-refractivity contribution is -0.260. The minimum absolute atomic E-state index is 0.0830. The highest BCUT2D eigenvalue weighted by atomic mass is 32.2. The SMILES string of the molecule is CC(C)(C)OC([O-])=NCC(=O)N1[C@H](CS)CSC1(C)C. The summed E-state index contributed by atoms with van der Waals surface area (Å²) in [6, 6.07) is 0.0830. The second-order valence-electron chi connectivity index (χ2n) is 6.15. The molecule has 1 saturated heterocycles. The summed E-state index contributed by atoms with van der Waals surface area (Å²) >= 11 is 5.99. The van der Waals surface area contributed by atoms with Gasteiger partial charge >= 0.3 is 0 Å². The van der Waals surface area contributed by atoms with Crippen molar-refractivity contribution in [2.45, 2.75) is 51.1 Å². The molecule has 1 rings (SSSR count). The Balaban J connectivity index is 2.68. The molecule has 0 spiro atoms. The van der Waals surface area contributed by atoms with E-state index in [2.05, 4.69) is 17.6 Å². The van der Waals surface area contributed by atoms with Crippen LogP contribution < -0.4 is 5.11 Å². The van der Waals surface area contributed by atoms with Crippen molar-refractivity contribution in [3.8, 4) is 0 Å². The van der Waals surface area contributed by atoms with Crippen molar-refractivity contribution in [3.05, 3.63) is 0 Å². The zero-order valence-corrected chi connectivity index (χ0v) is 14.4. The van der Waals surface area contributed by atoms with Gasteiger partial charge in [-0.25, -0.2) is 0 Å². The largest absolute Gasteiger partial charge is 0.595 e. The van der Waals surface area contributed by atoms with Crippen molar-refractivity contribution < 1.29 is 14.6 Å². The Morgan fingerprint density at radius 2 is 2.15 bits per heavy atom. The third-order valence-corrected chi connectivity index (χ3v) is 4.67. The molecule has 0 aromatic heterocycles. The molecular weight excluding hydrogens is 296 g/mol. The van der Waals surface area contributed by atoms with Gasteiger partial charge in [0.2, 0.25) is 5.91 Å². The van der Waals surface area contributed by atoms with Crippen molar-refractivity contribution in [3.63, 3.8) is 0 Å². The van der Waals surface area contributed by atoms with Crippen LogP contribution in [-0.2, 0) is 9.53 Å². The second kappa shape index (κ2) is 6.47. The lowest BCUT2D eigenvalue weighted by Gasteiger charge is -2.34. The second-order valence-corrected chi connectivity index (χ2v) is 8.14. The average molecular weight is 319 g/mol. The first-order valence-corrected chi connectivity index (χ1v) is 8.16. The van der Waals surface area contributed by atoms with Crippen LogP contribution in [0.4, 0.5) is 0 Å². The quantitative estimate of drug-likeness (QED) is 0.481. The summed E-state index contributed by atoms with van der Waals surface area (Å²) in [4.78, 5) is 17.5. The van der Waals surface area contributed by atoms with Gasteiger partial charge in [0.25, 0.3) is 0 Å². The van der Waals surface area contributed by atoms with Crippen molar-refractivity contribution in [1.82, 2.24) is 4.90 Å². The van der Waals surface area contributed by atoms with E-state index >= 15 is 0 Å². The summed E-state index contributed by atoms with van der Waals surface area (Å²) in [6.45, 7) is 9.10. The molecule has 0 aliphatic carbocycles. The van der Waals surface area contributed by atoms with Gasteiger partial charge in [-0.15, -0.1) is 11.8 Å². The smallest absolute Gasteiger partial charge is 0.245 e. The van der Waals surface area contributed by atoms with E-state index in [1.54, 1.807) is 37.4 Å². The predicted octanol–water partition coefficient (Wildman–Crippen LogP) is 1.13. The van der Waals surface area contributed by atoms with Crippen molar-refractivity contribution in [2.24, 2.45) is 4.99 Å². The van der Waals surface area contributed by atoms with Crippen LogP contribution in [0.1, 0.15) is 34.6 Å². The van der Waals surface area contributed by atoms with Crippen LogP contribution in [0.5, 0.6) is 0 Å². The number of thioether (sulfide) groups is 1. The Hall–Kier alpha value is -0.560. The number of aliphatic imine (C=N–C) groups is 1. The lowest BCUT2D eigenvalue weighted by Crippen LogP contribution is -2.48. The van der Waals surface area contributed by atoms with E-state index in [1.165, 1.54) is 0 Å². The molecule has 1 aliphatic rings. The zero-order valence-electron chi connectivity index (χ0n) is 12.7. The molecule has 1 atom stereocenters. The van der Waals surface area contributed by atoms with Gasteiger partial charge in [-0.05, 0) is 13.8 Å². The monoisotopic (exact) mass is 319 g/mol. The first kappa shape index (κ1) is 17.5. The van der Waals surface area contributed by atoms with Crippen LogP contribution >= 0.6 is 24.4 Å². The maximum atomic E-state index is 12.3. The molecule has 1 fully saturated rings. The molecule has 0 aromatic rings. The molecule has 0 aromatic carbocycles. The van der Waals surface area contributed by atoms with Gasteiger partial charge in [0.1, 0.15) is 12.6 Å². The third-order valence-electron chi connectivity index (χ3n) is 2.79. The molecule has 0 N–H and O–H groups in total. The van der Waals surface area contributed by atoms with Gasteiger partial charge in [-0.3, -0.25) is 9.79 Å². The molecular formula is C13H23N2O3S2-. The van der Waals surface area contributed by atoms with E-state index in [1.807, 2.05) is 13.8 Å². The molecule has 7 heteroatoms. The molecule has 20 heavy (non-hydrogen) atoms. The third kappa shape index (κ3) is 4.77. The van der Waals surface area contributed by atoms with Gasteiger partial charge in [-0.2, -0.15) is 12.6 Å². The Morgan fingerprint density at radius 3 is 2.65 bits per heavy atom. The Labute approximate surface area is 130 Å². The molecule has 1 amide bonds. The summed E-state index contributed by atoms with van der Waals surface area (Å²) in [5.41, 5.74) is -0.597. The fraction of sp³-hybridized carbons (Fsp3) is 0.846. The summed E-state index contributed by atoms with van der Waals surface area (Å²) < 4.78 is 5.06. The standard InChI is InChI=1S/C13H24N2O3S2/c1-12(2,3)18-11(17)14-6-10(16)15-9(7-19)8-20-13(15,4)5/h9,19H,6-8H2,1-5H3,(H,14,17)/p-1/t9-/m1/s1. The van der Waals surface area contributed by atoms with Crippen LogP contribution in [0.3, 0.4) is 0 Å². The van der Waals surface area contributed by atoms with Crippen molar-refractivity contribution in [1.29, 1.82) is 0 Å². The molecule has 1 heterocycles. The van der Waals surface area contributed by atoms with E-state index in [4.69, 9.17) is 4.74 Å². The molecule has 0 radical (unpaired) electrons. The van der Waals surface area contributed by atoms with Gasteiger partial charge in [0, 0.05) is 17.1 Å². The molecule has 0 saturated carbocycles. The number of carbonyl (C=O) groups excluding carboxylic acids is 1. The number of nitrogens with zero attached hydrogens (tertiary/aromatic N) is 2. The van der Waals surface area contributed by atoms with Crippen LogP contribution in [-0.4, -0.2) is 51.5 Å². The normalized spacial score (nSPS) is 23.0. The highest BCUT2D eigenvalue weighted by Gasteiger charge is 2.42. The maximum absolute atomic E-state index is 12.3. The van der Waals surface area contributed by atoms with Crippen LogP contribution in [0.15, 0.2) is 4.99 Å².